The molecule has 0 saturated heterocycles. The molecule has 0 unspecified atom stereocenters. The van der Waals surface area contributed by atoms with Crippen LogP contribution in [0.1, 0.15) is 25.9 Å². The van der Waals surface area contributed by atoms with Gasteiger partial charge in [0.25, 0.3) is 5.91 Å². The van der Waals surface area contributed by atoms with E-state index >= 15 is 0 Å². The SMILES string of the molecule is Cc1cc(NC(=O)c2cc3ccccc3s2)c(C(=O)O)[nH]1. The van der Waals surface area contributed by atoms with Gasteiger partial charge in [-0.1, -0.05) is 18.2 Å². The van der Waals surface area contributed by atoms with Gasteiger partial charge in [0, 0.05) is 10.4 Å². The van der Waals surface area contributed by atoms with Crippen molar-refractivity contribution in [3.8, 4) is 0 Å². The summed E-state index contributed by atoms with van der Waals surface area (Å²) in [6, 6.07) is 11.1. The van der Waals surface area contributed by atoms with E-state index in [2.05, 4.69) is 10.3 Å². The van der Waals surface area contributed by atoms with E-state index in [-0.39, 0.29) is 17.3 Å². The lowest BCUT2D eigenvalue weighted by molar-refractivity contribution is 0.0692. The Labute approximate surface area is 124 Å². The summed E-state index contributed by atoms with van der Waals surface area (Å²) in [4.78, 5) is 26.6. The van der Waals surface area contributed by atoms with Crippen LogP contribution in [0.25, 0.3) is 10.1 Å². The van der Waals surface area contributed by atoms with Gasteiger partial charge in [0.1, 0.15) is 5.69 Å². The average molecular weight is 300 g/mol. The molecule has 3 rings (SSSR count). The van der Waals surface area contributed by atoms with Crippen molar-refractivity contribution in [1.29, 1.82) is 0 Å². The van der Waals surface area contributed by atoms with E-state index in [1.165, 1.54) is 11.3 Å². The van der Waals surface area contributed by atoms with E-state index in [0.29, 0.717) is 10.6 Å². The summed E-state index contributed by atoms with van der Waals surface area (Å²) in [7, 11) is 0. The number of amides is 1. The van der Waals surface area contributed by atoms with Crippen molar-refractivity contribution in [2.45, 2.75) is 6.92 Å². The van der Waals surface area contributed by atoms with E-state index in [0.717, 1.165) is 10.1 Å². The predicted molar refractivity (Wildman–Crippen MR) is 82.3 cm³/mol. The highest BCUT2D eigenvalue weighted by Gasteiger charge is 2.17. The maximum atomic E-state index is 12.3. The highest BCUT2D eigenvalue weighted by atomic mass is 32.1. The fraction of sp³-hybridized carbons (Fsp3) is 0.0667. The molecule has 0 aliphatic heterocycles. The van der Waals surface area contributed by atoms with Crippen LogP contribution in [-0.4, -0.2) is 22.0 Å². The summed E-state index contributed by atoms with van der Waals surface area (Å²) in [5, 5.41) is 12.7. The summed E-state index contributed by atoms with van der Waals surface area (Å²) >= 11 is 1.38. The van der Waals surface area contributed by atoms with Crippen LogP contribution in [0.3, 0.4) is 0 Å². The third-order valence-corrected chi connectivity index (χ3v) is 4.18. The summed E-state index contributed by atoms with van der Waals surface area (Å²) in [5.74, 6) is -1.41. The zero-order chi connectivity index (χ0) is 15.0. The monoisotopic (exact) mass is 300 g/mol. The van der Waals surface area contributed by atoms with Gasteiger partial charge in [0.2, 0.25) is 0 Å². The topological polar surface area (TPSA) is 82.2 Å². The number of rotatable bonds is 3. The Morgan fingerprint density at radius 1 is 1.24 bits per heavy atom. The lowest BCUT2D eigenvalue weighted by Crippen LogP contribution is -2.12. The zero-order valence-corrected chi connectivity index (χ0v) is 12.0. The molecule has 0 bridgehead atoms. The van der Waals surface area contributed by atoms with E-state index in [4.69, 9.17) is 5.11 Å². The second-order valence-corrected chi connectivity index (χ2v) is 5.73. The van der Waals surface area contributed by atoms with Crippen molar-refractivity contribution in [3.05, 3.63) is 52.7 Å². The fourth-order valence-electron chi connectivity index (χ4n) is 2.13. The molecule has 3 aromatic rings. The number of thiophene rings is 1. The zero-order valence-electron chi connectivity index (χ0n) is 11.1. The van der Waals surface area contributed by atoms with Gasteiger partial charge in [0.15, 0.2) is 0 Å². The van der Waals surface area contributed by atoms with Crippen LogP contribution in [-0.2, 0) is 0 Å². The molecule has 0 aliphatic rings. The molecular formula is C15H12N2O3S. The molecule has 6 heteroatoms. The number of hydrogen-bond donors (Lipinski definition) is 3. The van der Waals surface area contributed by atoms with Crippen molar-refractivity contribution < 1.29 is 14.7 Å². The number of fused-ring (bicyclic) bond motifs is 1. The number of carboxylic acid groups (broad SMARTS) is 1. The smallest absolute Gasteiger partial charge is 0.354 e. The second-order valence-electron chi connectivity index (χ2n) is 4.65. The van der Waals surface area contributed by atoms with Gasteiger partial charge in [-0.25, -0.2) is 4.79 Å². The first kappa shape index (κ1) is 13.4. The van der Waals surface area contributed by atoms with Crippen LogP contribution in [0.2, 0.25) is 0 Å². The maximum Gasteiger partial charge on any atom is 0.354 e. The highest BCUT2D eigenvalue weighted by Crippen LogP contribution is 2.26. The Hall–Kier alpha value is -2.60. The molecule has 0 atom stereocenters. The first-order chi connectivity index (χ1) is 10.0. The predicted octanol–water partition coefficient (Wildman–Crippen LogP) is 3.49. The molecular weight excluding hydrogens is 288 g/mol. The van der Waals surface area contributed by atoms with Crippen LogP contribution in [0.5, 0.6) is 0 Å². The van der Waals surface area contributed by atoms with Gasteiger partial charge in [-0.3, -0.25) is 4.79 Å². The first-order valence-corrected chi connectivity index (χ1v) is 7.09. The largest absolute Gasteiger partial charge is 0.477 e. The number of carbonyl (C=O) groups is 2. The Kier molecular flexibility index (Phi) is 3.23. The number of nitrogens with one attached hydrogen (secondary N) is 2. The number of hydrogen-bond acceptors (Lipinski definition) is 3. The number of aromatic carboxylic acids is 1. The van der Waals surface area contributed by atoms with Gasteiger partial charge in [-0.05, 0) is 30.5 Å². The van der Waals surface area contributed by atoms with Gasteiger partial charge >= 0.3 is 5.97 Å². The minimum Gasteiger partial charge on any atom is -0.477 e. The number of aromatic amines is 1. The van der Waals surface area contributed by atoms with Crippen LogP contribution in [0.15, 0.2) is 36.4 Å². The van der Waals surface area contributed by atoms with Crippen molar-refractivity contribution in [2.75, 3.05) is 5.32 Å². The third-order valence-electron chi connectivity index (χ3n) is 3.06. The minimum absolute atomic E-state index is 0.0121. The molecule has 3 N–H and O–H groups in total. The number of benzene rings is 1. The molecule has 0 radical (unpaired) electrons. The lowest BCUT2D eigenvalue weighted by atomic mass is 10.2. The molecule has 0 spiro atoms. The standard InChI is InChI=1S/C15H12N2O3S/c1-8-6-10(13(16-8)15(19)20)17-14(18)12-7-9-4-2-3-5-11(9)21-12/h2-7,16H,1H3,(H,17,18)(H,19,20). The van der Waals surface area contributed by atoms with Crippen LogP contribution < -0.4 is 5.32 Å². The minimum atomic E-state index is -1.10. The number of aryl methyl sites for hydroxylation is 1. The molecule has 106 valence electrons. The molecule has 1 aromatic carbocycles. The Morgan fingerprint density at radius 3 is 2.71 bits per heavy atom. The van der Waals surface area contributed by atoms with Crippen molar-refractivity contribution in [2.24, 2.45) is 0 Å². The number of carboxylic acids is 1. The normalized spacial score (nSPS) is 10.7. The van der Waals surface area contributed by atoms with Crippen molar-refractivity contribution in [3.63, 3.8) is 0 Å². The fourth-order valence-corrected chi connectivity index (χ4v) is 3.09. The van der Waals surface area contributed by atoms with E-state index in [1.807, 2.05) is 24.3 Å². The molecule has 2 heterocycles. The molecule has 0 fully saturated rings. The van der Waals surface area contributed by atoms with Gasteiger partial charge < -0.3 is 15.4 Å². The molecule has 21 heavy (non-hydrogen) atoms. The van der Waals surface area contributed by atoms with Crippen LogP contribution in [0, 0.1) is 6.92 Å². The first-order valence-electron chi connectivity index (χ1n) is 6.27. The Morgan fingerprint density at radius 2 is 2.00 bits per heavy atom. The summed E-state index contributed by atoms with van der Waals surface area (Å²) in [5.41, 5.74) is 0.948. The van der Waals surface area contributed by atoms with Gasteiger partial charge in [-0.15, -0.1) is 11.3 Å². The summed E-state index contributed by atoms with van der Waals surface area (Å²) in [6.45, 7) is 1.74. The van der Waals surface area contributed by atoms with E-state index in [1.54, 1.807) is 19.1 Å². The molecule has 2 aromatic heterocycles. The number of carbonyl (C=O) groups excluding carboxylic acids is 1. The second kappa shape index (κ2) is 5.06. The Bertz CT molecular complexity index is 815. The molecule has 0 aliphatic carbocycles. The Balaban J connectivity index is 1.91. The van der Waals surface area contributed by atoms with Crippen LogP contribution >= 0.6 is 11.3 Å². The van der Waals surface area contributed by atoms with E-state index < -0.39 is 5.97 Å². The van der Waals surface area contributed by atoms with Gasteiger partial charge in [-0.2, -0.15) is 0 Å². The lowest BCUT2D eigenvalue weighted by Gasteiger charge is -2.01. The van der Waals surface area contributed by atoms with Crippen molar-refractivity contribution >= 4 is 39.0 Å². The summed E-state index contributed by atoms with van der Waals surface area (Å²) < 4.78 is 1.02. The van der Waals surface area contributed by atoms with Gasteiger partial charge in [0.05, 0.1) is 10.6 Å². The average Bonchev–Trinajstić information content (AvgIpc) is 3.02. The third kappa shape index (κ3) is 2.53. The highest BCUT2D eigenvalue weighted by molar-refractivity contribution is 7.20. The number of anilines is 1. The number of H-pyrrole nitrogens is 1. The molecule has 1 amide bonds. The molecule has 0 saturated carbocycles. The van der Waals surface area contributed by atoms with E-state index in [9.17, 15) is 9.59 Å². The molecule has 5 nitrogen and oxygen atoms in total. The van der Waals surface area contributed by atoms with Crippen molar-refractivity contribution in [1.82, 2.24) is 4.98 Å². The maximum absolute atomic E-state index is 12.3. The van der Waals surface area contributed by atoms with Crippen LogP contribution in [0.4, 0.5) is 5.69 Å². The quantitative estimate of drug-likeness (QED) is 0.692. The number of aromatic nitrogens is 1. The summed E-state index contributed by atoms with van der Waals surface area (Å²) in [6.07, 6.45) is 0.